The van der Waals surface area contributed by atoms with Crippen LogP contribution in [-0.2, 0) is 0 Å². The maximum absolute atomic E-state index is 8.96. The van der Waals surface area contributed by atoms with E-state index in [1.165, 1.54) is 6.20 Å². The van der Waals surface area contributed by atoms with Crippen LogP contribution >= 0.6 is 0 Å². The molecule has 3 nitrogen and oxygen atoms in total. The summed E-state index contributed by atoms with van der Waals surface area (Å²) in [4.78, 5) is 7.84. The minimum atomic E-state index is -0.0382. The zero-order chi connectivity index (χ0) is 7.68. The van der Waals surface area contributed by atoms with Crippen molar-refractivity contribution < 1.29 is 5.11 Å². The minimum absolute atomic E-state index is 0. The van der Waals surface area contributed by atoms with Gasteiger partial charge in [0, 0.05) is 0 Å². The molecule has 0 saturated carbocycles. The summed E-state index contributed by atoms with van der Waals surface area (Å²) in [5.74, 6) is -0.0382. The van der Waals surface area contributed by atoms with E-state index in [1.807, 2.05) is 24.3 Å². The van der Waals surface area contributed by atoms with Crippen LogP contribution in [0.15, 0.2) is 30.5 Å². The van der Waals surface area contributed by atoms with Gasteiger partial charge in [-0.25, -0.2) is 9.97 Å². The summed E-state index contributed by atoms with van der Waals surface area (Å²) in [6, 6.07) is 7.40. The van der Waals surface area contributed by atoms with Crippen LogP contribution in [0.5, 0.6) is 5.88 Å². The SMILES string of the molecule is Oc1cnc2ccccc2n1.[NaH]. The van der Waals surface area contributed by atoms with Gasteiger partial charge in [0.1, 0.15) is 0 Å². The Balaban J connectivity index is 0.000000720. The second-order valence-electron chi connectivity index (χ2n) is 2.22. The van der Waals surface area contributed by atoms with E-state index >= 15 is 0 Å². The predicted octanol–water partition coefficient (Wildman–Crippen LogP) is 0.687. The molecule has 1 N–H and O–H groups in total. The molecule has 4 heteroatoms. The Morgan fingerprint density at radius 1 is 1.08 bits per heavy atom. The molecule has 0 radical (unpaired) electrons. The van der Waals surface area contributed by atoms with Gasteiger partial charge in [-0.2, -0.15) is 0 Å². The second kappa shape index (κ2) is 3.85. The fourth-order valence-electron chi connectivity index (χ4n) is 0.947. The van der Waals surface area contributed by atoms with E-state index in [0.29, 0.717) is 5.52 Å². The fourth-order valence-corrected chi connectivity index (χ4v) is 0.947. The molecule has 0 unspecified atom stereocenters. The van der Waals surface area contributed by atoms with E-state index in [-0.39, 0.29) is 35.4 Å². The number of rotatable bonds is 0. The molecule has 0 bridgehead atoms. The van der Waals surface area contributed by atoms with Crippen molar-refractivity contribution in [3.05, 3.63) is 30.5 Å². The summed E-state index contributed by atoms with van der Waals surface area (Å²) in [5, 5.41) is 8.96. The predicted molar refractivity (Wildman–Crippen MR) is 48.4 cm³/mol. The van der Waals surface area contributed by atoms with Crippen molar-refractivity contribution in [1.82, 2.24) is 9.97 Å². The van der Waals surface area contributed by atoms with Gasteiger partial charge in [-0.15, -0.1) is 0 Å². The van der Waals surface area contributed by atoms with Crippen LogP contribution in [-0.4, -0.2) is 44.6 Å². The zero-order valence-electron chi connectivity index (χ0n) is 5.73. The second-order valence-corrected chi connectivity index (χ2v) is 2.22. The van der Waals surface area contributed by atoms with Gasteiger partial charge in [0.2, 0.25) is 5.88 Å². The van der Waals surface area contributed by atoms with Crippen LogP contribution in [0.3, 0.4) is 0 Å². The molecule has 2 rings (SSSR count). The molecule has 0 atom stereocenters. The maximum atomic E-state index is 8.96. The third-order valence-corrected chi connectivity index (χ3v) is 1.44. The van der Waals surface area contributed by atoms with E-state index in [4.69, 9.17) is 5.11 Å². The van der Waals surface area contributed by atoms with E-state index in [9.17, 15) is 0 Å². The van der Waals surface area contributed by atoms with Gasteiger partial charge in [0.05, 0.1) is 17.2 Å². The van der Waals surface area contributed by atoms with Crippen LogP contribution in [0.25, 0.3) is 11.0 Å². The molecule has 1 aromatic carbocycles. The van der Waals surface area contributed by atoms with Crippen molar-refractivity contribution in [3.63, 3.8) is 0 Å². The monoisotopic (exact) mass is 170 g/mol. The number of nitrogens with zero attached hydrogens (tertiary/aromatic N) is 2. The molecule has 0 fully saturated rings. The van der Waals surface area contributed by atoms with Gasteiger partial charge >= 0.3 is 29.6 Å². The molecule has 0 aliphatic carbocycles. The zero-order valence-corrected chi connectivity index (χ0v) is 5.73. The van der Waals surface area contributed by atoms with Crippen molar-refractivity contribution in [2.45, 2.75) is 0 Å². The van der Waals surface area contributed by atoms with Crippen LogP contribution < -0.4 is 0 Å². The summed E-state index contributed by atoms with van der Waals surface area (Å²) in [6.07, 6.45) is 1.34. The Morgan fingerprint density at radius 2 is 1.75 bits per heavy atom. The Morgan fingerprint density at radius 3 is 2.50 bits per heavy atom. The van der Waals surface area contributed by atoms with E-state index in [1.54, 1.807) is 0 Å². The standard InChI is InChI=1S/C8H6N2O.Na.H/c11-8-5-9-6-3-1-2-4-7(6)10-8;;/h1-5H,(H,10,11);;. The summed E-state index contributed by atoms with van der Waals surface area (Å²) >= 11 is 0. The average Bonchev–Trinajstić information content (AvgIpc) is 2.04. The van der Waals surface area contributed by atoms with Crippen molar-refractivity contribution in [3.8, 4) is 5.88 Å². The third kappa shape index (κ3) is 1.75. The van der Waals surface area contributed by atoms with Gasteiger partial charge in [-0.1, -0.05) is 12.1 Å². The molecule has 0 aliphatic rings. The first-order valence-electron chi connectivity index (χ1n) is 3.27. The van der Waals surface area contributed by atoms with Crippen LogP contribution in [0.1, 0.15) is 0 Å². The molecular weight excluding hydrogens is 163 g/mol. The Bertz CT molecular complexity index is 391. The number of hydrogen-bond donors (Lipinski definition) is 1. The van der Waals surface area contributed by atoms with Gasteiger partial charge < -0.3 is 5.11 Å². The third-order valence-electron chi connectivity index (χ3n) is 1.44. The molecular formula is C8H7N2NaO. The first-order chi connectivity index (χ1) is 5.36. The Labute approximate surface area is 91.8 Å². The van der Waals surface area contributed by atoms with Gasteiger partial charge in [0.25, 0.3) is 0 Å². The van der Waals surface area contributed by atoms with Gasteiger partial charge in [0.15, 0.2) is 0 Å². The first kappa shape index (κ1) is 9.45. The Kier molecular flexibility index (Phi) is 3.03. The van der Waals surface area contributed by atoms with E-state index < -0.39 is 0 Å². The summed E-state index contributed by atoms with van der Waals surface area (Å²) < 4.78 is 0. The summed E-state index contributed by atoms with van der Waals surface area (Å²) in [7, 11) is 0. The van der Waals surface area contributed by atoms with E-state index in [0.717, 1.165) is 5.52 Å². The van der Waals surface area contributed by atoms with Crippen LogP contribution in [0.4, 0.5) is 0 Å². The molecule has 1 aromatic heterocycles. The molecule has 0 spiro atoms. The van der Waals surface area contributed by atoms with Crippen molar-refractivity contribution in [2.75, 3.05) is 0 Å². The number of aromatic nitrogens is 2. The van der Waals surface area contributed by atoms with Crippen molar-refractivity contribution in [1.29, 1.82) is 0 Å². The molecule has 0 amide bonds. The van der Waals surface area contributed by atoms with Crippen molar-refractivity contribution >= 4 is 40.6 Å². The Hall–Kier alpha value is -0.640. The summed E-state index contributed by atoms with van der Waals surface area (Å²) in [5.41, 5.74) is 1.51. The fraction of sp³-hybridized carbons (Fsp3) is 0. The quantitative estimate of drug-likeness (QED) is 0.591. The first-order valence-corrected chi connectivity index (χ1v) is 3.27. The number of hydrogen-bond acceptors (Lipinski definition) is 3. The molecule has 56 valence electrons. The molecule has 1 heterocycles. The normalized spacial score (nSPS) is 9.33. The van der Waals surface area contributed by atoms with Crippen LogP contribution in [0, 0.1) is 0 Å². The van der Waals surface area contributed by atoms with Crippen LogP contribution in [0.2, 0.25) is 0 Å². The molecule has 12 heavy (non-hydrogen) atoms. The number of fused-ring (bicyclic) bond motifs is 1. The number of benzene rings is 1. The molecule has 0 saturated heterocycles. The molecule has 2 aromatic rings. The number of para-hydroxylation sites is 2. The van der Waals surface area contributed by atoms with Gasteiger partial charge in [-0.05, 0) is 12.1 Å². The number of aromatic hydroxyl groups is 1. The van der Waals surface area contributed by atoms with E-state index in [2.05, 4.69) is 9.97 Å². The summed E-state index contributed by atoms with van der Waals surface area (Å²) in [6.45, 7) is 0. The van der Waals surface area contributed by atoms with Crippen molar-refractivity contribution in [2.24, 2.45) is 0 Å². The molecule has 0 aliphatic heterocycles. The topological polar surface area (TPSA) is 46.0 Å². The van der Waals surface area contributed by atoms with Gasteiger partial charge in [-0.3, -0.25) is 0 Å². The average molecular weight is 170 g/mol.